The summed E-state index contributed by atoms with van der Waals surface area (Å²) in [6, 6.07) is 11.4. The lowest BCUT2D eigenvalue weighted by atomic mass is 10.2. The first kappa shape index (κ1) is 22.9. The standard InChI is InChI=1S/C21H21N3O7S/c1-3-30-21(27)14-8-4-6-10-16(14)23-18(25)12-31-20(26)13(2)22-19-15-9-5-7-11-17(15)32(28,29)24-19/h4-11,13H,3,12H2,1-2H3,(H,22,24)(H,23,25)/t13-/m0/s1. The zero-order valence-corrected chi connectivity index (χ0v) is 18.1. The smallest absolute Gasteiger partial charge is 0.340 e. The second kappa shape index (κ2) is 9.60. The first-order chi connectivity index (χ1) is 15.2. The molecule has 1 amide bonds. The van der Waals surface area contributed by atoms with Crippen LogP contribution in [0.1, 0.15) is 29.8 Å². The molecule has 2 N–H and O–H groups in total. The van der Waals surface area contributed by atoms with Crippen LogP contribution in [0.5, 0.6) is 0 Å². The molecule has 32 heavy (non-hydrogen) atoms. The summed E-state index contributed by atoms with van der Waals surface area (Å²) in [6.45, 7) is 2.64. The number of benzene rings is 2. The molecule has 10 nitrogen and oxygen atoms in total. The Morgan fingerprint density at radius 1 is 1.06 bits per heavy atom. The maximum atomic E-state index is 12.3. The molecule has 1 atom stereocenters. The molecule has 0 saturated heterocycles. The van der Waals surface area contributed by atoms with E-state index in [1.54, 1.807) is 37.3 Å². The zero-order chi connectivity index (χ0) is 23.3. The molecule has 0 saturated carbocycles. The van der Waals surface area contributed by atoms with Crippen molar-refractivity contribution in [2.24, 2.45) is 4.99 Å². The third-order valence-corrected chi connectivity index (χ3v) is 5.77. The molecule has 3 rings (SSSR count). The van der Waals surface area contributed by atoms with Crippen LogP contribution in [0, 0.1) is 0 Å². The fourth-order valence-corrected chi connectivity index (χ4v) is 4.14. The predicted octanol–water partition coefficient (Wildman–Crippen LogP) is 1.47. The van der Waals surface area contributed by atoms with E-state index in [1.807, 2.05) is 0 Å². The van der Waals surface area contributed by atoms with Crippen LogP contribution in [-0.4, -0.2) is 51.4 Å². The highest BCUT2D eigenvalue weighted by atomic mass is 32.2. The number of carbonyl (C=O) groups is 3. The minimum Gasteiger partial charge on any atom is -0.462 e. The van der Waals surface area contributed by atoms with Gasteiger partial charge in [0.25, 0.3) is 15.9 Å². The van der Waals surface area contributed by atoms with Gasteiger partial charge in [0, 0.05) is 5.56 Å². The number of amidine groups is 1. The van der Waals surface area contributed by atoms with Crippen LogP contribution in [0.2, 0.25) is 0 Å². The lowest BCUT2D eigenvalue weighted by molar-refractivity contribution is -0.148. The van der Waals surface area contributed by atoms with Gasteiger partial charge in [-0.1, -0.05) is 24.3 Å². The number of esters is 2. The number of carbonyl (C=O) groups excluding carboxylic acids is 3. The number of amides is 1. The highest BCUT2D eigenvalue weighted by molar-refractivity contribution is 7.90. The number of nitrogens with one attached hydrogen (secondary N) is 2. The quantitative estimate of drug-likeness (QED) is 0.598. The molecule has 0 bridgehead atoms. The van der Waals surface area contributed by atoms with Crippen LogP contribution < -0.4 is 10.0 Å². The number of fused-ring (bicyclic) bond motifs is 1. The molecule has 1 aliphatic rings. The number of hydrogen-bond donors (Lipinski definition) is 2. The van der Waals surface area contributed by atoms with Gasteiger partial charge in [-0.2, -0.15) is 0 Å². The third-order valence-electron chi connectivity index (χ3n) is 4.37. The number of aliphatic imine (C=N–C) groups is 1. The summed E-state index contributed by atoms with van der Waals surface area (Å²) in [5.74, 6) is -2.06. The maximum Gasteiger partial charge on any atom is 0.340 e. The van der Waals surface area contributed by atoms with Crippen molar-refractivity contribution in [3.8, 4) is 0 Å². The summed E-state index contributed by atoms with van der Waals surface area (Å²) < 4.78 is 36.5. The topological polar surface area (TPSA) is 140 Å². The van der Waals surface area contributed by atoms with Gasteiger partial charge in [0.1, 0.15) is 11.9 Å². The monoisotopic (exact) mass is 459 g/mol. The molecule has 0 aromatic heterocycles. The molecule has 0 spiro atoms. The fraction of sp³-hybridized carbons (Fsp3) is 0.238. The van der Waals surface area contributed by atoms with Crippen molar-refractivity contribution in [1.82, 2.24) is 4.72 Å². The van der Waals surface area contributed by atoms with Crippen molar-refractivity contribution in [2.45, 2.75) is 24.8 Å². The number of nitrogens with zero attached hydrogens (tertiary/aromatic N) is 1. The molecule has 0 radical (unpaired) electrons. The van der Waals surface area contributed by atoms with E-state index in [1.165, 1.54) is 25.1 Å². The SMILES string of the molecule is CCOC(=O)c1ccccc1NC(=O)COC(=O)[C@H](C)N=C1NS(=O)(=O)c2ccccc21. The zero-order valence-electron chi connectivity index (χ0n) is 17.3. The largest absolute Gasteiger partial charge is 0.462 e. The number of rotatable bonds is 7. The number of anilines is 1. The highest BCUT2D eigenvalue weighted by Crippen LogP contribution is 2.22. The van der Waals surface area contributed by atoms with Crippen molar-refractivity contribution < 1.29 is 32.3 Å². The molecular formula is C21H21N3O7S. The van der Waals surface area contributed by atoms with Gasteiger partial charge in [0.15, 0.2) is 6.61 Å². The second-order valence-electron chi connectivity index (χ2n) is 6.68. The summed E-state index contributed by atoms with van der Waals surface area (Å²) in [7, 11) is -3.74. The summed E-state index contributed by atoms with van der Waals surface area (Å²) >= 11 is 0. The Balaban J connectivity index is 1.62. The van der Waals surface area contributed by atoms with Crippen molar-refractivity contribution >= 4 is 39.4 Å². The molecule has 11 heteroatoms. The van der Waals surface area contributed by atoms with Crippen LogP contribution in [0.25, 0.3) is 0 Å². The Morgan fingerprint density at radius 2 is 1.75 bits per heavy atom. The minimum atomic E-state index is -3.74. The molecule has 168 valence electrons. The Hall–Kier alpha value is -3.73. The average molecular weight is 459 g/mol. The summed E-state index contributed by atoms with van der Waals surface area (Å²) in [5, 5.41) is 2.50. The first-order valence-electron chi connectivity index (χ1n) is 9.65. The van der Waals surface area contributed by atoms with Gasteiger partial charge in [-0.15, -0.1) is 0 Å². The fourth-order valence-electron chi connectivity index (χ4n) is 2.90. The Kier molecular flexibility index (Phi) is 6.89. The van der Waals surface area contributed by atoms with Crippen molar-refractivity contribution in [2.75, 3.05) is 18.5 Å². The molecule has 1 heterocycles. The van der Waals surface area contributed by atoms with Crippen LogP contribution >= 0.6 is 0 Å². The highest BCUT2D eigenvalue weighted by Gasteiger charge is 2.31. The van der Waals surface area contributed by atoms with E-state index in [2.05, 4.69) is 15.0 Å². The molecule has 0 aliphatic carbocycles. The third kappa shape index (κ3) is 5.11. The first-order valence-corrected chi connectivity index (χ1v) is 11.1. The van der Waals surface area contributed by atoms with E-state index >= 15 is 0 Å². The lowest BCUT2D eigenvalue weighted by Gasteiger charge is -2.11. The molecule has 2 aromatic carbocycles. The van der Waals surface area contributed by atoms with Crippen LogP contribution in [-0.2, 0) is 29.1 Å². The normalized spacial score (nSPS) is 15.9. The summed E-state index contributed by atoms with van der Waals surface area (Å²) in [5.41, 5.74) is 0.735. The number of sulfonamides is 1. The molecule has 0 fully saturated rings. The average Bonchev–Trinajstić information content (AvgIpc) is 3.02. The predicted molar refractivity (Wildman–Crippen MR) is 115 cm³/mol. The van der Waals surface area contributed by atoms with E-state index in [4.69, 9.17) is 9.47 Å². The van der Waals surface area contributed by atoms with Crippen LogP contribution in [0.4, 0.5) is 5.69 Å². The van der Waals surface area contributed by atoms with Crippen molar-refractivity contribution in [1.29, 1.82) is 0 Å². The second-order valence-corrected chi connectivity index (χ2v) is 8.33. The number of ether oxygens (including phenoxy) is 2. The van der Waals surface area contributed by atoms with Gasteiger partial charge in [-0.3, -0.25) is 14.5 Å². The Bertz CT molecular complexity index is 1190. The lowest BCUT2D eigenvalue weighted by Crippen LogP contribution is -2.29. The van der Waals surface area contributed by atoms with E-state index in [-0.39, 0.29) is 28.6 Å². The van der Waals surface area contributed by atoms with E-state index < -0.39 is 40.5 Å². The van der Waals surface area contributed by atoms with Gasteiger partial charge in [-0.05, 0) is 38.1 Å². The van der Waals surface area contributed by atoms with Gasteiger partial charge in [-0.25, -0.2) is 18.0 Å². The summed E-state index contributed by atoms with van der Waals surface area (Å²) in [4.78, 5) is 40.6. The number of para-hydroxylation sites is 1. The van der Waals surface area contributed by atoms with Gasteiger partial charge < -0.3 is 14.8 Å². The number of hydrogen-bond acceptors (Lipinski definition) is 8. The minimum absolute atomic E-state index is 0.0258. The van der Waals surface area contributed by atoms with Gasteiger partial charge >= 0.3 is 11.9 Å². The summed E-state index contributed by atoms with van der Waals surface area (Å²) in [6.07, 6.45) is 0. The van der Waals surface area contributed by atoms with E-state index in [0.717, 1.165) is 0 Å². The van der Waals surface area contributed by atoms with Crippen molar-refractivity contribution in [3.63, 3.8) is 0 Å². The molecule has 2 aromatic rings. The van der Waals surface area contributed by atoms with E-state index in [0.29, 0.717) is 5.56 Å². The van der Waals surface area contributed by atoms with Gasteiger partial charge in [0.2, 0.25) is 0 Å². The van der Waals surface area contributed by atoms with Crippen LogP contribution in [0.15, 0.2) is 58.4 Å². The van der Waals surface area contributed by atoms with Crippen molar-refractivity contribution in [3.05, 3.63) is 59.7 Å². The van der Waals surface area contributed by atoms with Gasteiger partial charge in [0.05, 0.1) is 22.8 Å². The van der Waals surface area contributed by atoms with E-state index in [9.17, 15) is 22.8 Å². The molecule has 0 unspecified atom stereocenters. The maximum absolute atomic E-state index is 12.3. The Labute approximate surface area is 184 Å². The molecular weight excluding hydrogens is 438 g/mol. The van der Waals surface area contributed by atoms with Crippen LogP contribution in [0.3, 0.4) is 0 Å². The molecule has 1 aliphatic heterocycles. The Morgan fingerprint density at radius 3 is 2.50 bits per heavy atom.